The highest BCUT2D eigenvalue weighted by Crippen LogP contribution is 2.18. The van der Waals surface area contributed by atoms with Gasteiger partial charge >= 0.3 is 0 Å². The van der Waals surface area contributed by atoms with E-state index in [1.54, 1.807) is 0 Å². The Morgan fingerprint density at radius 2 is 1.88 bits per heavy atom. The monoisotopic (exact) mass is 247 g/mol. The molecule has 0 aliphatic heterocycles. The number of hydrogen-bond donors (Lipinski definition) is 1. The summed E-state index contributed by atoms with van der Waals surface area (Å²) in [6.45, 7) is 0.617. The number of halogens is 1. The first-order chi connectivity index (χ1) is 8.33. The van der Waals surface area contributed by atoms with Crippen molar-refractivity contribution >= 4 is 28.3 Å². The van der Waals surface area contributed by atoms with E-state index in [-0.39, 0.29) is 5.91 Å². The average Bonchev–Trinajstić information content (AvgIpc) is 2.38. The van der Waals surface area contributed by atoms with E-state index in [1.165, 1.54) is 0 Å². The highest BCUT2D eigenvalue weighted by Gasteiger charge is 2.08. The van der Waals surface area contributed by atoms with Crippen LogP contribution >= 0.6 is 11.6 Å². The molecule has 17 heavy (non-hydrogen) atoms. The summed E-state index contributed by atoms with van der Waals surface area (Å²) in [5.41, 5.74) is 0.720. The van der Waals surface area contributed by atoms with Crippen LogP contribution < -0.4 is 5.32 Å². The number of carbonyl (C=O) groups is 1. The molecule has 2 aromatic rings. The maximum absolute atomic E-state index is 12.0. The van der Waals surface area contributed by atoms with E-state index in [0.717, 1.165) is 22.8 Å². The second kappa shape index (κ2) is 5.69. The Morgan fingerprint density at radius 3 is 2.71 bits per heavy atom. The molecule has 0 aromatic heterocycles. The van der Waals surface area contributed by atoms with E-state index < -0.39 is 0 Å². The van der Waals surface area contributed by atoms with Gasteiger partial charge in [0.2, 0.25) is 0 Å². The quantitative estimate of drug-likeness (QED) is 0.653. The Hall–Kier alpha value is -1.54. The Kier molecular flexibility index (Phi) is 3.99. The molecule has 0 saturated heterocycles. The number of carbonyl (C=O) groups excluding carboxylic acids is 1. The van der Waals surface area contributed by atoms with Crippen LogP contribution in [0.3, 0.4) is 0 Å². The zero-order valence-corrected chi connectivity index (χ0v) is 10.2. The first kappa shape index (κ1) is 11.9. The van der Waals surface area contributed by atoms with E-state index in [0.29, 0.717) is 12.4 Å². The number of amides is 1. The highest BCUT2D eigenvalue weighted by molar-refractivity contribution is 6.17. The maximum atomic E-state index is 12.0. The molecule has 0 radical (unpaired) electrons. The van der Waals surface area contributed by atoms with Crippen molar-refractivity contribution in [1.29, 1.82) is 0 Å². The number of fused-ring (bicyclic) bond motifs is 1. The zero-order valence-electron chi connectivity index (χ0n) is 9.45. The van der Waals surface area contributed by atoms with Gasteiger partial charge in [0.15, 0.2) is 0 Å². The lowest BCUT2D eigenvalue weighted by molar-refractivity contribution is 0.0955. The highest BCUT2D eigenvalue weighted by atomic mass is 35.5. The molecule has 88 valence electrons. The smallest absolute Gasteiger partial charge is 0.251 e. The lowest BCUT2D eigenvalue weighted by atomic mass is 10.0. The normalized spacial score (nSPS) is 10.4. The van der Waals surface area contributed by atoms with Crippen molar-refractivity contribution in [2.24, 2.45) is 0 Å². The van der Waals surface area contributed by atoms with E-state index in [1.807, 2.05) is 42.5 Å². The molecule has 0 aliphatic carbocycles. The summed E-state index contributed by atoms with van der Waals surface area (Å²) < 4.78 is 0. The van der Waals surface area contributed by atoms with Crippen LogP contribution in [0.5, 0.6) is 0 Å². The van der Waals surface area contributed by atoms with E-state index in [2.05, 4.69) is 5.32 Å². The molecular weight excluding hydrogens is 234 g/mol. The third-order valence-electron chi connectivity index (χ3n) is 2.63. The van der Waals surface area contributed by atoms with Gasteiger partial charge in [-0.3, -0.25) is 4.79 Å². The average molecular weight is 248 g/mol. The van der Waals surface area contributed by atoms with Crippen molar-refractivity contribution in [3.63, 3.8) is 0 Å². The Bertz CT molecular complexity index is 519. The van der Waals surface area contributed by atoms with Crippen molar-refractivity contribution in [2.45, 2.75) is 6.42 Å². The molecule has 0 fully saturated rings. The van der Waals surface area contributed by atoms with Crippen LogP contribution in [0.25, 0.3) is 10.8 Å². The van der Waals surface area contributed by atoms with Crippen molar-refractivity contribution in [3.05, 3.63) is 48.0 Å². The molecule has 0 atom stereocenters. The summed E-state index contributed by atoms with van der Waals surface area (Å²) in [7, 11) is 0. The number of nitrogens with one attached hydrogen (secondary N) is 1. The topological polar surface area (TPSA) is 29.1 Å². The van der Waals surface area contributed by atoms with Crippen LogP contribution in [0.4, 0.5) is 0 Å². The van der Waals surface area contributed by atoms with Crippen LogP contribution in [0.1, 0.15) is 16.8 Å². The second-order valence-electron chi connectivity index (χ2n) is 3.83. The lowest BCUT2D eigenvalue weighted by Crippen LogP contribution is -2.24. The third kappa shape index (κ3) is 2.77. The van der Waals surface area contributed by atoms with Crippen molar-refractivity contribution in [2.75, 3.05) is 12.4 Å². The molecule has 0 bridgehead atoms. The number of alkyl halides is 1. The van der Waals surface area contributed by atoms with Gasteiger partial charge < -0.3 is 5.32 Å². The fourth-order valence-corrected chi connectivity index (χ4v) is 1.92. The molecular formula is C14H14ClNO. The van der Waals surface area contributed by atoms with E-state index >= 15 is 0 Å². The molecule has 2 aromatic carbocycles. The molecule has 2 rings (SSSR count). The van der Waals surface area contributed by atoms with Gasteiger partial charge in [-0.05, 0) is 23.3 Å². The van der Waals surface area contributed by atoms with Gasteiger partial charge in [0.25, 0.3) is 5.91 Å². The summed E-state index contributed by atoms with van der Waals surface area (Å²) in [5, 5.41) is 4.93. The van der Waals surface area contributed by atoms with Gasteiger partial charge in [-0.15, -0.1) is 11.6 Å². The van der Waals surface area contributed by atoms with Crippen molar-refractivity contribution < 1.29 is 4.79 Å². The summed E-state index contributed by atoms with van der Waals surface area (Å²) in [5.74, 6) is 0.530. The van der Waals surface area contributed by atoms with E-state index in [9.17, 15) is 4.79 Å². The van der Waals surface area contributed by atoms with Crippen LogP contribution in [0.15, 0.2) is 42.5 Å². The summed E-state index contributed by atoms with van der Waals surface area (Å²) in [6, 6.07) is 13.6. The fourth-order valence-electron chi connectivity index (χ4n) is 1.79. The molecule has 0 heterocycles. The predicted molar refractivity (Wildman–Crippen MR) is 71.6 cm³/mol. The summed E-state index contributed by atoms with van der Waals surface area (Å²) >= 11 is 5.57. The first-order valence-corrected chi connectivity index (χ1v) is 6.18. The van der Waals surface area contributed by atoms with Crippen LogP contribution in [-0.4, -0.2) is 18.3 Å². The SMILES string of the molecule is O=C(NCCCCl)c1cccc2ccccc12. The zero-order chi connectivity index (χ0) is 12.1. The second-order valence-corrected chi connectivity index (χ2v) is 4.20. The lowest BCUT2D eigenvalue weighted by Gasteiger charge is -2.07. The molecule has 3 heteroatoms. The van der Waals surface area contributed by atoms with Crippen molar-refractivity contribution in [3.8, 4) is 0 Å². The molecule has 1 N–H and O–H groups in total. The molecule has 1 amide bonds. The minimum atomic E-state index is -0.0353. The van der Waals surface area contributed by atoms with Gasteiger partial charge in [-0.25, -0.2) is 0 Å². The third-order valence-corrected chi connectivity index (χ3v) is 2.90. The minimum absolute atomic E-state index is 0.0353. The predicted octanol–water partition coefficient (Wildman–Crippen LogP) is 3.20. The van der Waals surface area contributed by atoms with Gasteiger partial charge in [0.05, 0.1) is 0 Å². The van der Waals surface area contributed by atoms with Crippen molar-refractivity contribution in [1.82, 2.24) is 5.32 Å². The maximum Gasteiger partial charge on any atom is 0.251 e. The number of rotatable bonds is 4. The Labute approximate surface area is 106 Å². The fraction of sp³-hybridized carbons (Fsp3) is 0.214. The largest absolute Gasteiger partial charge is 0.352 e. The summed E-state index contributed by atoms with van der Waals surface area (Å²) in [6.07, 6.45) is 0.790. The minimum Gasteiger partial charge on any atom is -0.352 e. The molecule has 0 spiro atoms. The van der Waals surface area contributed by atoms with E-state index in [4.69, 9.17) is 11.6 Å². The summed E-state index contributed by atoms with van der Waals surface area (Å²) in [4.78, 5) is 12.0. The Balaban J connectivity index is 2.26. The molecule has 0 saturated carbocycles. The number of hydrogen-bond acceptors (Lipinski definition) is 1. The van der Waals surface area contributed by atoms with Gasteiger partial charge in [0.1, 0.15) is 0 Å². The van der Waals surface area contributed by atoms with Gasteiger partial charge in [-0.1, -0.05) is 36.4 Å². The molecule has 0 aliphatic rings. The number of benzene rings is 2. The molecule has 0 unspecified atom stereocenters. The first-order valence-electron chi connectivity index (χ1n) is 5.65. The van der Waals surface area contributed by atoms with Gasteiger partial charge in [-0.2, -0.15) is 0 Å². The molecule has 2 nitrogen and oxygen atoms in total. The van der Waals surface area contributed by atoms with Gasteiger partial charge in [0, 0.05) is 18.0 Å². The van der Waals surface area contributed by atoms with Crippen LogP contribution in [0.2, 0.25) is 0 Å². The standard InChI is InChI=1S/C14H14ClNO/c15-9-4-10-16-14(17)13-8-3-6-11-5-1-2-7-12(11)13/h1-3,5-8H,4,9-10H2,(H,16,17). The van der Waals surface area contributed by atoms with Crippen LogP contribution in [-0.2, 0) is 0 Å². The van der Waals surface area contributed by atoms with Crippen LogP contribution in [0, 0.1) is 0 Å². The Morgan fingerprint density at radius 1 is 1.12 bits per heavy atom.